The molecule has 2 saturated heterocycles. The third-order valence-electron chi connectivity index (χ3n) is 5.50. The normalized spacial score (nSPS) is 33.1. The number of halogens is 3. The molecular weight excluding hydrogens is 305 g/mol. The van der Waals surface area contributed by atoms with Crippen molar-refractivity contribution < 1.29 is 13.2 Å². The molecule has 1 saturated carbocycles. The second-order valence-electron chi connectivity index (χ2n) is 7.24. The molecule has 0 aromatic heterocycles. The van der Waals surface area contributed by atoms with Gasteiger partial charge in [0.1, 0.15) is 0 Å². The Hall–Kier alpha value is -0.980. The second kappa shape index (κ2) is 6.87. The smallest absolute Gasteiger partial charge is 0.352 e. The van der Waals surface area contributed by atoms with Crippen molar-refractivity contribution in [2.75, 3.05) is 39.8 Å². The quantitative estimate of drug-likeness (QED) is 0.622. The Labute approximate surface area is 136 Å². The summed E-state index contributed by atoms with van der Waals surface area (Å²) in [4.78, 5) is 8.18. The van der Waals surface area contributed by atoms with E-state index in [4.69, 9.17) is 0 Å². The van der Waals surface area contributed by atoms with Crippen molar-refractivity contribution in [3.8, 4) is 0 Å². The molecule has 0 aromatic rings. The maximum atomic E-state index is 12.5. The standard InChI is InChI=1S/C16H27F3N4/c1-20-15(23-8-12-4-2-3-5-13(12)9-23)21-14-6-7-22(10-14)11-16(17,18)19/h12-14H,2-11H2,1H3,(H,20,21). The lowest BCUT2D eigenvalue weighted by Crippen LogP contribution is -2.46. The molecule has 0 radical (unpaired) electrons. The summed E-state index contributed by atoms with van der Waals surface area (Å²) in [7, 11) is 1.77. The van der Waals surface area contributed by atoms with Gasteiger partial charge in [0.05, 0.1) is 6.54 Å². The molecule has 132 valence electrons. The molecule has 3 aliphatic rings. The van der Waals surface area contributed by atoms with Crippen LogP contribution in [0.4, 0.5) is 13.2 Å². The van der Waals surface area contributed by atoms with Gasteiger partial charge in [0, 0.05) is 39.3 Å². The second-order valence-corrected chi connectivity index (χ2v) is 7.24. The van der Waals surface area contributed by atoms with Crippen molar-refractivity contribution in [3.05, 3.63) is 0 Å². The molecule has 7 heteroatoms. The summed E-state index contributed by atoms with van der Waals surface area (Å²) in [6.45, 7) is 2.23. The fourth-order valence-corrected chi connectivity index (χ4v) is 4.41. The SMILES string of the molecule is CN=C(NC1CCN(CC(F)(F)F)C1)N1CC2CCCCC2C1. The number of guanidine groups is 1. The first-order chi connectivity index (χ1) is 10.9. The van der Waals surface area contributed by atoms with Crippen molar-refractivity contribution in [3.63, 3.8) is 0 Å². The summed E-state index contributed by atoms with van der Waals surface area (Å²) in [6.07, 6.45) is 1.91. The first kappa shape index (κ1) is 16.9. The minimum absolute atomic E-state index is 0.0682. The Morgan fingerprint density at radius 3 is 2.30 bits per heavy atom. The number of hydrogen-bond donors (Lipinski definition) is 1. The third kappa shape index (κ3) is 4.31. The van der Waals surface area contributed by atoms with Crippen LogP contribution in [0.3, 0.4) is 0 Å². The van der Waals surface area contributed by atoms with Gasteiger partial charge in [0.25, 0.3) is 0 Å². The van der Waals surface area contributed by atoms with E-state index in [9.17, 15) is 13.2 Å². The largest absolute Gasteiger partial charge is 0.401 e. The van der Waals surface area contributed by atoms with Crippen LogP contribution in [0.5, 0.6) is 0 Å². The molecular formula is C16H27F3N4. The van der Waals surface area contributed by atoms with Gasteiger partial charge in [0.2, 0.25) is 0 Å². The molecule has 3 unspecified atom stereocenters. The number of alkyl halides is 3. The maximum absolute atomic E-state index is 12.5. The zero-order valence-corrected chi connectivity index (χ0v) is 13.8. The number of nitrogens with zero attached hydrogens (tertiary/aromatic N) is 3. The van der Waals surface area contributed by atoms with Crippen molar-refractivity contribution in [2.45, 2.75) is 44.3 Å². The van der Waals surface area contributed by atoms with Gasteiger partial charge in [-0.25, -0.2) is 0 Å². The molecule has 3 fully saturated rings. The van der Waals surface area contributed by atoms with Crippen LogP contribution in [0.25, 0.3) is 0 Å². The molecule has 3 rings (SSSR count). The first-order valence-electron chi connectivity index (χ1n) is 8.72. The van der Waals surface area contributed by atoms with E-state index in [1.54, 1.807) is 7.05 Å². The van der Waals surface area contributed by atoms with Gasteiger partial charge in [-0.2, -0.15) is 13.2 Å². The van der Waals surface area contributed by atoms with Crippen molar-refractivity contribution in [1.82, 2.24) is 15.1 Å². The van der Waals surface area contributed by atoms with E-state index in [1.165, 1.54) is 30.6 Å². The molecule has 4 nitrogen and oxygen atoms in total. The van der Waals surface area contributed by atoms with Gasteiger partial charge < -0.3 is 10.2 Å². The van der Waals surface area contributed by atoms with Crippen LogP contribution in [0.2, 0.25) is 0 Å². The highest BCUT2D eigenvalue weighted by Gasteiger charge is 2.37. The number of aliphatic imine (C=N–C) groups is 1. The first-order valence-corrected chi connectivity index (χ1v) is 8.72. The van der Waals surface area contributed by atoms with E-state index in [1.807, 2.05) is 0 Å². The third-order valence-corrected chi connectivity index (χ3v) is 5.50. The average Bonchev–Trinajstić information content (AvgIpc) is 3.09. The van der Waals surface area contributed by atoms with Gasteiger partial charge >= 0.3 is 6.18 Å². The highest BCUT2D eigenvalue weighted by molar-refractivity contribution is 5.80. The molecule has 3 atom stereocenters. The van der Waals surface area contributed by atoms with Gasteiger partial charge in [-0.05, 0) is 31.1 Å². The van der Waals surface area contributed by atoms with E-state index in [-0.39, 0.29) is 6.04 Å². The molecule has 0 spiro atoms. The zero-order valence-electron chi connectivity index (χ0n) is 13.8. The van der Waals surface area contributed by atoms with E-state index < -0.39 is 12.7 Å². The number of likely N-dealkylation sites (tertiary alicyclic amines) is 2. The van der Waals surface area contributed by atoms with E-state index in [2.05, 4.69) is 15.2 Å². The van der Waals surface area contributed by atoms with Crippen LogP contribution in [0.1, 0.15) is 32.1 Å². The van der Waals surface area contributed by atoms with Gasteiger partial charge in [-0.15, -0.1) is 0 Å². The topological polar surface area (TPSA) is 30.9 Å². The monoisotopic (exact) mass is 332 g/mol. The molecule has 0 bridgehead atoms. The average molecular weight is 332 g/mol. The minimum atomic E-state index is -4.11. The Morgan fingerprint density at radius 2 is 1.74 bits per heavy atom. The van der Waals surface area contributed by atoms with Gasteiger partial charge in [-0.3, -0.25) is 9.89 Å². The number of nitrogens with one attached hydrogen (secondary N) is 1. The molecule has 0 amide bonds. The highest BCUT2D eigenvalue weighted by atomic mass is 19.4. The minimum Gasteiger partial charge on any atom is -0.352 e. The van der Waals surface area contributed by atoms with Crippen LogP contribution >= 0.6 is 0 Å². The number of rotatable bonds is 2. The summed E-state index contributed by atoms with van der Waals surface area (Å²) < 4.78 is 37.5. The number of hydrogen-bond acceptors (Lipinski definition) is 2. The molecule has 1 N–H and O–H groups in total. The summed E-state index contributed by atoms with van der Waals surface area (Å²) in [5.74, 6) is 2.42. The lowest BCUT2D eigenvalue weighted by Gasteiger charge is -2.25. The van der Waals surface area contributed by atoms with Gasteiger partial charge in [-0.1, -0.05) is 12.8 Å². The van der Waals surface area contributed by atoms with Crippen LogP contribution in [0.15, 0.2) is 4.99 Å². The Kier molecular flexibility index (Phi) is 5.04. The zero-order chi connectivity index (χ0) is 16.4. The van der Waals surface area contributed by atoms with Crippen LogP contribution in [-0.4, -0.2) is 67.7 Å². The molecule has 2 aliphatic heterocycles. The molecule has 0 aromatic carbocycles. The summed E-state index contributed by atoms with van der Waals surface area (Å²) >= 11 is 0. The predicted molar refractivity (Wildman–Crippen MR) is 84.4 cm³/mol. The Morgan fingerprint density at radius 1 is 1.09 bits per heavy atom. The lowest BCUT2D eigenvalue weighted by molar-refractivity contribution is -0.143. The van der Waals surface area contributed by atoms with Crippen molar-refractivity contribution >= 4 is 5.96 Å². The van der Waals surface area contributed by atoms with E-state index in [0.29, 0.717) is 13.1 Å². The molecule has 1 aliphatic carbocycles. The molecule has 2 heterocycles. The molecule has 23 heavy (non-hydrogen) atoms. The fraction of sp³-hybridized carbons (Fsp3) is 0.938. The van der Waals surface area contributed by atoms with Gasteiger partial charge in [0.15, 0.2) is 5.96 Å². The van der Waals surface area contributed by atoms with Crippen LogP contribution < -0.4 is 5.32 Å². The number of fused-ring (bicyclic) bond motifs is 1. The van der Waals surface area contributed by atoms with E-state index >= 15 is 0 Å². The predicted octanol–water partition coefficient (Wildman–Crippen LogP) is 2.32. The Bertz CT molecular complexity index is 424. The summed E-state index contributed by atoms with van der Waals surface area (Å²) in [5.41, 5.74) is 0. The van der Waals surface area contributed by atoms with Crippen molar-refractivity contribution in [2.24, 2.45) is 16.8 Å². The summed E-state index contributed by atoms with van der Waals surface area (Å²) in [5, 5.41) is 3.40. The highest BCUT2D eigenvalue weighted by Crippen LogP contribution is 2.36. The van der Waals surface area contributed by atoms with Crippen LogP contribution in [0, 0.1) is 11.8 Å². The summed E-state index contributed by atoms with van der Waals surface area (Å²) in [6, 6.07) is 0.0682. The van der Waals surface area contributed by atoms with Crippen LogP contribution in [-0.2, 0) is 0 Å². The maximum Gasteiger partial charge on any atom is 0.401 e. The lowest BCUT2D eigenvalue weighted by atomic mass is 9.82. The fourth-order valence-electron chi connectivity index (χ4n) is 4.41. The Balaban J connectivity index is 1.51. The van der Waals surface area contributed by atoms with Crippen molar-refractivity contribution in [1.29, 1.82) is 0 Å². The van der Waals surface area contributed by atoms with E-state index in [0.717, 1.165) is 37.3 Å².